The maximum atomic E-state index is 12.3. The summed E-state index contributed by atoms with van der Waals surface area (Å²) in [7, 11) is 0. The first-order valence-electron chi connectivity index (χ1n) is 6.45. The number of halogens is 2. The molecule has 1 saturated heterocycles. The molecule has 1 heterocycles. The molecule has 102 valence electrons. The van der Waals surface area contributed by atoms with Crippen LogP contribution in [0.25, 0.3) is 0 Å². The summed E-state index contributed by atoms with van der Waals surface area (Å²) in [6.45, 7) is 1.41. The molecule has 2 fully saturated rings. The molecule has 3 atom stereocenters. The van der Waals surface area contributed by atoms with Crippen molar-refractivity contribution in [2.45, 2.75) is 18.9 Å². The zero-order chi connectivity index (χ0) is 13.6. The standard InChI is InChI=1S/C14H15Cl2NO2/c15-11-2-1-3-12(16)9(11)5-14(19)17-6-8-4-13(18)10(8)7-17/h1-3,8,10,13,18H,4-7H2/t8-,10+,13-/m1/s1. The minimum Gasteiger partial charge on any atom is -0.393 e. The molecule has 1 amide bonds. The van der Waals surface area contributed by atoms with Gasteiger partial charge in [-0.3, -0.25) is 4.79 Å². The summed E-state index contributed by atoms with van der Waals surface area (Å²) in [5, 5.41) is 10.7. The van der Waals surface area contributed by atoms with E-state index in [2.05, 4.69) is 0 Å². The Hall–Kier alpha value is -0.770. The molecule has 1 aliphatic heterocycles. The van der Waals surface area contributed by atoms with Gasteiger partial charge in [-0.2, -0.15) is 0 Å². The summed E-state index contributed by atoms with van der Waals surface area (Å²) >= 11 is 12.2. The van der Waals surface area contributed by atoms with Crippen LogP contribution in [-0.4, -0.2) is 35.1 Å². The molecule has 1 aliphatic carbocycles. The number of carbonyl (C=O) groups is 1. The normalized spacial score (nSPS) is 29.0. The van der Waals surface area contributed by atoms with Gasteiger partial charge < -0.3 is 10.0 Å². The van der Waals surface area contributed by atoms with E-state index in [1.807, 2.05) is 4.90 Å². The van der Waals surface area contributed by atoms with Gasteiger partial charge in [0, 0.05) is 29.1 Å². The Morgan fingerprint density at radius 1 is 1.32 bits per heavy atom. The third-order valence-corrected chi connectivity index (χ3v) is 4.98. The fourth-order valence-corrected chi connectivity index (χ4v) is 3.57. The Labute approximate surface area is 122 Å². The lowest BCUT2D eigenvalue weighted by Gasteiger charge is -2.34. The molecule has 19 heavy (non-hydrogen) atoms. The number of fused-ring (bicyclic) bond motifs is 1. The molecule has 0 bridgehead atoms. The van der Waals surface area contributed by atoms with Crippen LogP contribution in [0.5, 0.6) is 0 Å². The number of rotatable bonds is 2. The van der Waals surface area contributed by atoms with Crippen molar-refractivity contribution in [1.82, 2.24) is 4.90 Å². The highest BCUT2D eigenvalue weighted by molar-refractivity contribution is 6.36. The average Bonchev–Trinajstić information content (AvgIpc) is 2.71. The SMILES string of the molecule is O=C(Cc1c(Cl)cccc1Cl)N1C[C@H]2C[C@@H](O)[C@H]2C1. The summed E-state index contributed by atoms with van der Waals surface area (Å²) in [6, 6.07) is 5.26. The van der Waals surface area contributed by atoms with Crippen LogP contribution >= 0.6 is 23.2 Å². The zero-order valence-electron chi connectivity index (χ0n) is 10.4. The summed E-state index contributed by atoms with van der Waals surface area (Å²) in [4.78, 5) is 14.1. The number of likely N-dealkylation sites (tertiary alicyclic amines) is 1. The lowest BCUT2D eigenvalue weighted by atomic mass is 9.74. The molecule has 3 nitrogen and oxygen atoms in total. The second-order valence-corrected chi connectivity index (χ2v) is 6.22. The fraction of sp³-hybridized carbons (Fsp3) is 0.500. The van der Waals surface area contributed by atoms with Gasteiger partial charge in [-0.15, -0.1) is 0 Å². The Morgan fingerprint density at radius 3 is 2.58 bits per heavy atom. The van der Waals surface area contributed by atoms with Crippen LogP contribution in [0.4, 0.5) is 0 Å². The van der Waals surface area contributed by atoms with Crippen molar-refractivity contribution in [3.63, 3.8) is 0 Å². The number of hydrogen-bond acceptors (Lipinski definition) is 2. The first kappa shape index (κ1) is 13.2. The van der Waals surface area contributed by atoms with Crippen molar-refractivity contribution < 1.29 is 9.90 Å². The summed E-state index contributed by atoms with van der Waals surface area (Å²) < 4.78 is 0. The Morgan fingerprint density at radius 2 is 2.00 bits per heavy atom. The Bertz CT molecular complexity index is 500. The van der Waals surface area contributed by atoms with Crippen molar-refractivity contribution in [1.29, 1.82) is 0 Å². The quantitative estimate of drug-likeness (QED) is 0.911. The maximum absolute atomic E-state index is 12.3. The predicted molar refractivity (Wildman–Crippen MR) is 74.3 cm³/mol. The predicted octanol–water partition coefficient (Wildman–Crippen LogP) is 2.38. The van der Waals surface area contributed by atoms with E-state index in [1.165, 1.54) is 0 Å². The number of carbonyl (C=O) groups excluding carboxylic acids is 1. The van der Waals surface area contributed by atoms with E-state index in [1.54, 1.807) is 18.2 Å². The first-order chi connectivity index (χ1) is 9.06. The minimum atomic E-state index is -0.230. The highest BCUT2D eigenvalue weighted by atomic mass is 35.5. The largest absolute Gasteiger partial charge is 0.393 e. The van der Waals surface area contributed by atoms with Crippen LogP contribution in [-0.2, 0) is 11.2 Å². The number of amides is 1. The van der Waals surface area contributed by atoms with E-state index in [-0.39, 0.29) is 24.3 Å². The molecule has 0 radical (unpaired) electrons. The Kier molecular flexibility index (Phi) is 3.46. The second-order valence-electron chi connectivity index (χ2n) is 5.40. The number of benzene rings is 1. The van der Waals surface area contributed by atoms with Gasteiger partial charge in [0.1, 0.15) is 0 Å². The smallest absolute Gasteiger partial charge is 0.227 e. The van der Waals surface area contributed by atoms with E-state index in [4.69, 9.17) is 23.2 Å². The fourth-order valence-electron chi connectivity index (χ4n) is 3.04. The van der Waals surface area contributed by atoms with Crippen LogP contribution in [0.3, 0.4) is 0 Å². The number of aliphatic hydroxyl groups is 1. The van der Waals surface area contributed by atoms with E-state index in [0.717, 1.165) is 13.0 Å². The first-order valence-corrected chi connectivity index (χ1v) is 7.20. The molecule has 5 heteroatoms. The lowest BCUT2D eigenvalue weighted by Crippen LogP contribution is -2.39. The molecule has 2 aliphatic rings. The van der Waals surface area contributed by atoms with Gasteiger partial charge in [0.15, 0.2) is 0 Å². The molecular weight excluding hydrogens is 285 g/mol. The molecule has 1 aromatic rings. The van der Waals surface area contributed by atoms with Crippen molar-refractivity contribution in [2.24, 2.45) is 11.8 Å². The van der Waals surface area contributed by atoms with Crippen molar-refractivity contribution in [2.75, 3.05) is 13.1 Å². The average molecular weight is 300 g/mol. The van der Waals surface area contributed by atoms with Gasteiger partial charge in [-0.1, -0.05) is 29.3 Å². The van der Waals surface area contributed by atoms with Gasteiger partial charge in [0.05, 0.1) is 12.5 Å². The third-order valence-electron chi connectivity index (χ3n) is 4.27. The van der Waals surface area contributed by atoms with Crippen LogP contribution in [0.1, 0.15) is 12.0 Å². The molecule has 0 spiro atoms. The van der Waals surface area contributed by atoms with Crippen LogP contribution in [0.2, 0.25) is 10.0 Å². The molecule has 1 aromatic carbocycles. The maximum Gasteiger partial charge on any atom is 0.227 e. The number of nitrogens with zero attached hydrogens (tertiary/aromatic N) is 1. The second kappa shape index (κ2) is 4.97. The summed E-state index contributed by atoms with van der Waals surface area (Å²) in [5.41, 5.74) is 0.690. The van der Waals surface area contributed by atoms with Crippen LogP contribution < -0.4 is 0 Å². The molecule has 3 rings (SSSR count). The lowest BCUT2D eigenvalue weighted by molar-refractivity contribution is -0.129. The molecular formula is C14H15Cl2NO2. The van der Waals surface area contributed by atoms with E-state index >= 15 is 0 Å². The highest BCUT2D eigenvalue weighted by Crippen LogP contribution is 2.41. The third kappa shape index (κ3) is 2.35. The van der Waals surface area contributed by atoms with Gasteiger partial charge >= 0.3 is 0 Å². The van der Waals surface area contributed by atoms with Crippen molar-refractivity contribution in [3.8, 4) is 0 Å². The van der Waals surface area contributed by atoms with Gasteiger partial charge in [-0.05, 0) is 30.0 Å². The summed E-state index contributed by atoms with van der Waals surface area (Å²) in [6.07, 6.45) is 0.821. The van der Waals surface area contributed by atoms with E-state index < -0.39 is 0 Å². The topological polar surface area (TPSA) is 40.5 Å². The van der Waals surface area contributed by atoms with Gasteiger partial charge in [-0.25, -0.2) is 0 Å². The summed E-state index contributed by atoms with van der Waals surface area (Å²) in [5.74, 6) is 0.780. The zero-order valence-corrected chi connectivity index (χ0v) is 11.9. The van der Waals surface area contributed by atoms with Crippen molar-refractivity contribution in [3.05, 3.63) is 33.8 Å². The van der Waals surface area contributed by atoms with Gasteiger partial charge in [0.2, 0.25) is 5.91 Å². The number of hydrogen-bond donors (Lipinski definition) is 1. The highest BCUT2D eigenvalue weighted by Gasteiger charge is 2.47. The monoisotopic (exact) mass is 299 g/mol. The Balaban J connectivity index is 1.69. The minimum absolute atomic E-state index is 0.0385. The van der Waals surface area contributed by atoms with Crippen molar-refractivity contribution >= 4 is 29.1 Å². The number of aliphatic hydroxyl groups excluding tert-OH is 1. The molecule has 0 unspecified atom stereocenters. The van der Waals surface area contributed by atoms with Crippen LogP contribution in [0.15, 0.2) is 18.2 Å². The molecule has 1 N–H and O–H groups in total. The molecule has 1 saturated carbocycles. The van der Waals surface area contributed by atoms with E-state index in [0.29, 0.717) is 28.1 Å². The van der Waals surface area contributed by atoms with Crippen LogP contribution in [0, 0.1) is 11.8 Å². The van der Waals surface area contributed by atoms with E-state index in [9.17, 15) is 9.90 Å². The van der Waals surface area contributed by atoms with Gasteiger partial charge in [0.25, 0.3) is 0 Å². The molecule has 0 aromatic heterocycles.